The summed E-state index contributed by atoms with van der Waals surface area (Å²) in [5.74, 6) is 0. The molecule has 3 rings (SSSR count). The Bertz CT molecular complexity index is 635. The van der Waals surface area contributed by atoms with Gasteiger partial charge in [0.25, 0.3) is 0 Å². The summed E-state index contributed by atoms with van der Waals surface area (Å²) in [5.41, 5.74) is 6.51. The molecule has 2 heteroatoms. The molecule has 0 heterocycles. The van der Waals surface area contributed by atoms with Crippen molar-refractivity contribution >= 4 is 21.5 Å². The number of aliphatic hydroxyl groups is 1. The largest absolute Gasteiger partial charge is 0.374 e. The normalized spacial score (nSPS) is 13.1. The van der Waals surface area contributed by atoms with Gasteiger partial charge in [-0.1, -0.05) is 48.5 Å². The monoisotopic (exact) mass is 223 g/mol. The van der Waals surface area contributed by atoms with Crippen LogP contribution in [0.2, 0.25) is 0 Å². The zero-order chi connectivity index (χ0) is 11.8. The fourth-order valence-corrected chi connectivity index (χ4v) is 2.37. The lowest BCUT2D eigenvalue weighted by Crippen LogP contribution is -2.09. The Balaban J connectivity index is 2.56. The molecule has 0 saturated carbocycles. The molecule has 3 aromatic carbocycles. The Hall–Kier alpha value is -1.90. The van der Waals surface area contributed by atoms with Crippen LogP contribution in [-0.2, 0) is 0 Å². The van der Waals surface area contributed by atoms with Gasteiger partial charge in [-0.25, -0.2) is 0 Å². The molecule has 0 aliphatic heterocycles. The minimum atomic E-state index is -0.953. The van der Waals surface area contributed by atoms with Crippen molar-refractivity contribution in [3.05, 3.63) is 60.2 Å². The molecule has 3 aromatic rings. The summed E-state index contributed by atoms with van der Waals surface area (Å²) >= 11 is 0. The number of nitrogens with two attached hydrogens (primary N) is 1. The summed E-state index contributed by atoms with van der Waals surface area (Å²) in [6.45, 7) is 0. The van der Waals surface area contributed by atoms with Gasteiger partial charge in [0.1, 0.15) is 6.23 Å². The van der Waals surface area contributed by atoms with E-state index in [1.54, 1.807) is 0 Å². The molecule has 3 N–H and O–H groups in total. The quantitative estimate of drug-likeness (QED) is 0.492. The molecule has 17 heavy (non-hydrogen) atoms. The van der Waals surface area contributed by atoms with E-state index >= 15 is 0 Å². The smallest absolute Gasteiger partial charge is 0.129 e. The summed E-state index contributed by atoms with van der Waals surface area (Å²) in [6.07, 6.45) is -0.953. The minimum Gasteiger partial charge on any atom is -0.374 e. The third-order valence-electron chi connectivity index (χ3n) is 3.11. The molecular weight excluding hydrogens is 210 g/mol. The fraction of sp³-hybridized carbons (Fsp3) is 0.0667. The first-order chi connectivity index (χ1) is 8.27. The Morgan fingerprint density at radius 2 is 1.29 bits per heavy atom. The maximum absolute atomic E-state index is 9.80. The second-order valence-corrected chi connectivity index (χ2v) is 4.18. The highest BCUT2D eigenvalue weighted by molar-refractivity contribution is 6.02. The van der Waals surface area contributed by atoms with Crippen LogP contribution in [0, 0.1) is 0 Å². The van der Waals surface area contributed by atoms with Crippen LogP contribution in [0.15, 0.2) is 54.6 Å². The average molecular weight is 223 g/mol. The second-order valence-electron chi connectivity index (χ2n) is 4.18. The summed E-state index contributed by atoms with van der Waals surface area (Å²) in [4.78, 5) is 0. The molecule has 1 unspecified atom stereocenters. The van der Waals surface area contributed by atoms with Crippen LogP contribution >= 0.6 is 0 Å². The van der Waals surface area contributed by atoms with E-state index in [0.717, 1.165) is 27.1 Å². The molecule has 0 amide bonds. The van der Waals surface area contributed by atoms with Crippen molar-refractivity contribution in [2.75, 3.05) is 0 Å². The third-order valence-corrected chi connectivity index (χ3v) is 3.11. The summed E-state index contributed by atoms with van der Waals surface area (Å²) < 4.78 is 0. The second kappa shape index (κ2) is 3.84. The topological polar surface area (TPSA) is 46.2 Å². The molecule has 0 aromatic heterocycles. The van der Waals surface area contributed by atoms with Gasteiger partial charge in [-0.05, 0) is 27.6 Å². The van der Waals surface area contributed by atoms with Crippen LogP contribution < -0.4 is 5.73 Å². The predicted molar refractivity (Wildman–Crippen MR) is 70.6 cm³/mol. The molecule has 0 fully saturated rings. The molecule has 0 saturated heterocycles. The van der Waals surface area contributed by atoms with E-state index in [9.17, 15) is 5.11 Å². The van der Waals surface area contributed by atoms with Gasteiger partial charge in [-0.3, -0.25) is 0 Å². The van der Waals surface area contributed by atoms with Crippen LogP contribution in [0.1, 0.15) is 11.8 Å². The van der Waals surface area contributed by atoms with Crippen molar-refractivity contribution in [2.24, 2.45) is 5.73 Å². The summed E-state index contributed by atoms with van der Waals surface area (Å²) in [7, 11) is 0. The van der Waals surface area contributed by atoms with E-state index in [4.69, 9.17) is 5.73 Å². The van der Waals surface area contributed by atoms with Crippen molar-refractivity contribution in [2.45, 2.75) is 6.23 Å². The van der Waals surface area contributed by atoms with Crippen molar-refractivity contribution in [1.29, 1.82) is 0 Å². The molecule has 2 nitrogen and oxygen atoms in total. The number of hydrogen-bond donors (Lipinski definition) is 2. The van der Waals surface area contributed by atoms with Crippen molar-refractivity contribution < 1.29 is 5.11 Å². The lowest BCUT2D eigenvalue weighted by Gasteiger charge is -2.13. The van der Waals surface area contributed by atoms with Crippen LogP contribution in [0.3, 0.4) is 0 Å². The lowest BCUT2D eigenvalue weighted by atomic mass is 9.96. The predicted octanol–water partition coefficient (Wildman–Crippen LogP) is 2.94. The van der Waals surface area contributed by atoms with Crippen molar-refractivity contribution in [1.82, 2.24) is 0 Å². The molecule has 1 atom stereocenters. The van der Waals surface area contributed by atoms with E-state index in [-0.39, 0.29) is 0 Å². The van der Waals surface area contributed by atoms with Crippen LogP contribution in [0.5, 0.6) is 0 Å². The molecular formula is C15H13NO. The van der Waals surface area contributed by atoms with Crippen LogP contribution in [0.4, 0.5) is 0 Å². The maximum Gasteiger partial charge on any atom is 0.129 e. The molecule has 84 valence electrons. The average Bonchev–Trinajstić information content (AvgIpc) is 2.35. The van der Waals surface area contributed by atoms with Gasteiger partial charge in [0.15, 0.2) is 0 Å². The van der Waals surface area contributed by atoms with Crippen LogP contribution in [0.25, 0.3) is 21.5 Å². The fourth-order valence-electron chi connectivity index (χ4n) is 2.37. The van der Waals surface area contributed by atoms with Crippen molar-refractivity contribution in [3.8, 4) is 0 Å². The van der Waals surface area contributed by atoms with Crippen LogP contribution in [-0.4, -0.2) is 5.11 Å². The van der Waals surface area contributed by atoms with Gasteiger partial charge < -0.3 is 10.8 Å². The van der Waals surface area contributed by atoms with Crippen molar-refractivity contribution in [3.63, 3.8) is 0 Å². The molecule has 0 aliphatic carbocycles. The van der Waals surface area contributed by atoms with Gasteiger partial charge in [-0.15, -0.1) is 0 Å². The van der Waals surface area contributed by atoms with E-state index in [2.05, 4.69) is 6.07 Å². The van der Waals surface area contributed by atoms with Gasteiger partial charge in [-0.2, -0.15) is 0 Å². The molecule has 0 spiro atoms. The summed E-state index contributed by atoms with van der Waals surface area (Å²) in [5, 5.41) is 14.0. The van der Waals surface area contributed by atoms with E-state index in [1.165, 1.54) is 0 Å². The first kappa shape index (κ1) is 10.3. The SMILES string of the molecule is NC(O)c1c2ccccc2cc2ccccc12. The van der Waals surface area contributed by atoms with E-state index < -0.39 is 6.23 Å². The highest BCUT2D eigenvalue weighted by atomic mass is 16.3. The van der Waals surface area contributed by atoms with E-state index in [0.29, 0.717) is 0 Å². The molecule has 0 radical (unpaired) electrons. The van der Waals surface area contributed by atoms with Gasteiger partial charge in [0.2, 0.25) is 0 Å². The highest BCUT2D eigenvalue weighted by Crippen LogP contribution is 2.30. The number of benzene rings is 3. The van der Waals surface area contributed by atoms with E-state index in [1.807, 2.05) is 48.5 Å². The number of fused-ring (bicyclic) bond motifs is 2. The number of rotatable bonds is 1. The van der Waals surface area contributed by atoms with Gasteiger partial charge in [0.05, 0.1) is 0 Å². The standard InChI is InChI=1S/C15H13NO/c16-15(17)14-12-7-3-1-5-10(12)9-11-6-2-4-8-13(11)14/h1-9,15,17H,16H2. The zero-order valence-corrected chi connectivity index (χ0v) is 9.30. The highest BCUT2D eigenvalue weighted by Gasteiger charge is 2.11. The first-order valence-electron chi connectivity index (χ1n) is 5.61. The Labute approximate surface area is 99.3 Å². The van der Waals surface area contributed by atoms with Gasteiger partial charge >= 0.3 is 0 Å². The summed E-state index contributed by atoms with van der Waals surface area (Å²) in [6, 6.07) is 18.1. The molecule has 0 aliphatic rings. The number of aliphatic hydroxyl groups excluding tert-OH is 1. The Kier molecular flexibility index (Phi) is 2.32. The molecule has 0 bridgehead atoms. The zero-order valence-electron chi connectivity index (χ0n) is 9.30. The minimum absolute atomic E-state index is 0.804. The van der Waals surface area contributed by atoms with Gasteiger partial charge in [0, 0.05) is 5.56 Å². The Morgan fingerprint density at radius 3 is 1.76 bits per heavy atom. The number of hydrogen-bond acceptors (Lipinski definition) is 2. The maximum atomic E-state index is 9.80. The Morgan fingerprint density at radius 1 is 0.824 bits per heavy atom. The lowest BCUT2D eigenvalue weighted by molar-refractivity contribution is 0.189. The third kappa shape index (κ3) is 1.58. The first-order valence-corrected chi connectivity index (χ1v) is 5.61.